The third kappa shape index (κ3) is 3.77. The summed E-state index contributed by atoms with van der Waals surface area (Å²) in [6.45, 7) is 2.49. The van der Waals surface area contributed by atoms with Gasteiger partial charge in [0.1, 0.15) is 0 Å². The van der Waals surface area contributed by atoms with Gasteiger partial charge >= 0.3 is 11.7 Å². The molecule has 19 heavy (non-hydrogen) atoms. The second kappa shape index (κ2) is 6.86. The van der Waals surface area contributed by atoms with Crippen molar-refractivity contribution in [2.24, 2.45) is 7.05 Å². The van der Waals surface area contributed by atoms with E-state index in [1.165, 1.54) is 0 Å². The number of unbranched alkanes of at least 4 members (excludes halogenated alkanes) is 3. The Bertz CT molecular complexity index is 562. The van der Waals surface area contributed by atoms with E-state index in [2.05, 4.69) is 12.2 Å². The van der Waals surface area contributed by atoms with Gasteiger partial charge in [0.15, 0.2) is 0 Å². The molecular weight excluding hydrogens is 253 g/mol. The maximum atomic E-state index is 13.2. The molecule has 6 nitrogen and oxygen atoms in total. The third-order valence-electron chi connectivity index (χ3n) is 2.77. The summed E-state index contributed by atoms with van der Waals surface area (Å²) < 4.78 is 14.3. The Morgan fingerprint density at radius 1 is 1.32 bits per heavy atom. The topological polar surface area (TPSA) is 73.1 Å². The highest BCUT2D eigenvalue weighted by atomic mass is 19.1. The van der Waals surface area contributed by atoms with E-state index in [4.69, 9.17) is 0 Å². The largest absolute Gasteiger partial charge is 0.339 e. The summed E-state index contributed by atoms with van der Waals surface area (Å²) in [6, 6.07) is -0.726. The molecule has 1 aromatic rings. The molecule has 0 saturated carbocycles. The van der Waals surface area contributed by atoms with E-state index >= 15 is 0 Å². The number of nitrogens with zero attached hydrogens (tertiary/aromatic N) is 2. The number of hydrogen-bond acceptors (Lipinski definition) is 3. The normalized spacial score (nSPS) is 10.5. The van der Waals surface area contributed by atoms with Crippen LogP contribution < -0.4 is 16.6 Å². The van der Waals surface area contributed by atoms with Crippen molar-refractivity contribution in [2.45, 2.75) is 32.6 Å². The van der Waals surface area contributed by atoms with Gasteiger partial charge in [-0.1, -0.05) is 26.2 Å². The maximum Gasteiger partial charge on any atom is 0.339 e. The zero-order valence-corrected chi connectivity index (χ0v) is 11.1. The van der Waals surface area contributed by atoms with Gasteiger partial charge in [0.25, 0.3) is 5.56 Å². The summed E-state index contributed by atoms with van der Waals surface area (Å²) in [7, 11) is 1.12. The lowest BCUT2D eigenvalue weighted by Crippen LogP contribution is -2.45. The number of carbonyl (C=O) groups is 1. The Hall–Kier alpha value is -1.92. The molecule has 0 aromatic carbocycles. The standard InChI is InChI=1S/C12H18FN3O3/c1-3-4-5-6-7-14-11(18)16-8-9(13)10(17)15(2)12(16)19/h8H,3-7H2,1-2H3,(H,14,18). The Balaban J connectivity index is 2.73. The zero-order valence-electron chi connectivity index (χ0n) is 11.1. The zero-order chi connectivity index (χ0) is 14.4. The monoisotopic (exact) mass is 271 g/mol. The van der Waals surface area contributed by atoms with Crippen molar-refractivity contribution < 1.29 is 9.18 Å². The number of hydrogen-bond donors (Lipinski definition) is 1. The molecule has 7 heteroatoms. The summed E-state index contributed by atoms with van der Waals surface area (Å²) in [5.41, 5.74) is -1.91. The maximum absolute atomic E-state index is 13.2. The fourth-order valence-corrected chi connectivity index (χ4v) is 1.61. The first-order valence-corrected chi connectivity index (χ1v) is 6.25. The summed E-state index contributed by atoms with van der Waals surface area (Å²) in [5, 5.41) is 2.51. The van der Waals surface area contributed by atoms with E-state index < -0.39 is 23.1 Å². The Kier molecular flexibility index (Phi) is 5.47. The molecule has 1 aromatic heterocycles. The van der Waals surface area contributed by atoms with Gasteiger partial charge in [-0.25, -0.2) is 14.2 Å². The van der Waals surface area contributed by atoms with Crippen molar-refractivity contribution in [1.82, 2.24) is 14.5 Å². The predicted molar refractivity (Wildman–Crippen MR) is 68.8 cm³/mol. The summed E-state index contributed by atoms with van der Waals surface area (Å²) in [5.74, 6) is -1.14. The molecule has 0 radical (unpaired) electrons. The predicted octanol–water partition coefficient (Wildman–Crippen LogP) is 0.824. The van der Waals surface area contributed by atoms with E-state index in [9.17, 15) is 18.8 Å². The molecule has 106 valence electrons. The Labute approximate surface area is 109 Å². The number of nitrogens with one attached hydrogen (secondary N) is 1. The highest BCUT2D eigenvalue weighted by molar-refractivity contribution is 5.76. The van der Waals surface area contributed by atoms with E-state index in [1.54, 1.807) is 0 Å². The van der Waals surface area contributed by atoms with Crippen LogP contribution >= 0.6 is 0 Å². The summed E-state index contributed by atoms with van der Waals surface area (Å²) >= 11 is 0. The van der Waals surface area contributed by atoms with Crippen LogP contribution in [0.1, 0.15) is 32.6 Å². The molecule has 0 bridgehead atoms. The lowest BCUT2D eigenvalue weighted by atomic mass is 10.2. The highest BCUT2D eigenvalue weighted by Crippen LogP contribution is 1.97. The van der Waals surface area contributed by atoms with Gasteiger partial charge in [-0.3, -0.25) is 9.36 Å². The van der Waals surface area contributed by atoms with E-state index in [1.807, 2.05) is 0 Å². The van der Waals surface area contributed by atoms with E-state index in [0.717, 1.165) is 32.7 Å². The lowest BCUT2D eigenvalue weighted by Gasteiger charge is -2.08. The van der Waals surface area contributed by atoms with Gasteiger partial charge < -0.3 is 5.32 Å². The van der Waals surface area contributed by atoms with Gasteiger partial charge in [-0.2, -0.15) is 4.39 Å². The Morgan fingerprint density at radius 3 is 2.63 bits per heavy atom. The average molecular weight is 271 g/mol. The summed E-state index contributed by atoms with van der Waals surface area (Å²) in [6.07, 6.45) is 4.55. The minimum absolute atomic E-state index is 0.412. The second-order valence-electron chi connectivity index (χ2n) is 4.29. The fourth-order valence-electron chi connectivity index (χ4n) is 1.61. The molecular formula is C12H18FN3O3. The molecule has 1 heterocycles. The molecule has 0 aliphatic carbocycles. The number of amides is 1. The first-order chi connectivity index (χ1) is 8.99. The second-order valence-corrected chi connectivity index (χ2v) is 4.29. The number of carbonyl (C=O) groups excluding carboxylic acids is 1. The Morgan fingerprint density at radius 2 is 2.00 bits per heavy atom. The van der Waals surface area contributed by atoms with Crippen LogP contribution in [0.3, 0.4) is 0 Å². The molecule has 0 unspecified atom stereocenters. The van der Waals surface area contributed by atoms with Crippen LogP contribution in [-0.4, -0.2) is 21.7 Å². The van der Waals surface area contributed by atoms with Gasteiger partial charge in [0, 0.05) is 13.6 Å². The van der Waals surface area contributed by atoms with Crippen molar-refractivity contribution >= 4 is 6.03 Å². The molecule has 1 N–H and O–H groups in total. The van der Waals surface area contributed by atoms with Gasteiger partial charge in [-0.05, 0) is 6.42 Å². The molecule has 0 aliphatic rings. The van der Waals surface area contributed by atoms with Gasteiger partial charge in [-0.15, -0.1) is 0 Å². The minimum atomic E-state index is -1.14. The average Bonchev–Trinajstić information content (AvgIpc) is 2.40. The van der Waals surface area contributed by atoms with Crippen molar-refractivity contribution in [3.8, 4) is 0 Å². The molecule has 0 spiro atoms. The molecule has 0 atom stereocenters. The van der Waals surface area contributed by atoms with Crippen LogP contribution in [0.2, 0.25) is 0 Å². The minimum Gasteiger partial charge on any atom is -0.337 e. The van der Waals surface area contributed by atoms with Crippen molar-refractivity contribution in [3.05, 3.63) is 32.9 Å². The van der Waals surface area contributed by atoms with Crippen molar-refractivity contribution in [2.75, 3.05) is 6.54 Å². The molecule has 0 saturated heterocycles. The molecule has 0 aliphatic heterocycles. The van der Waals surface area contributed by atoms with E-state index in [-0.39, 0.29) is 0 Å². The summed E-state index contributed by atoms with van der Waals surface area (Å²) in [4.78, 5) is 34.4. The smallest absolute Gasteiger partial charge is 0.337 e. The van der Waals surface area contributed by atoms with Crippen molar-refractivity contribution in [1.29, 1.82) is 0 Å². The van der Waals surface area contributed by atoms with Crippen LogP contribution in [0.15, 0.2) is 15.8 Å². The quantitative estimate of drug-likeness (QED) is 0.806. The first-order valence-electron chi connectivity index (χ1n) is 6.25. The van der Waals surface area contributed by atoms with Gasteiger partial charge in [0.2, 0.25) is 5.82 Å². The number of aromatic nitrogens is 2. The third-order valence-corrected chi connectivity index (χ3v) is 2.77. The molecule has 1 rings (SSSR count). The van der Waals surface area contributed by atoms with Crippen LogP contribution in [0.5, 0.6) is 0 Å². The molecule has 1 amide bonds. The number of rotatable bonds is 5. The van der Waals surface area contributed by atoms with E-state index in [0.29, 0.717) is 21.9 Å². The van der Waals surface area contributed by atoms with Crippen LogP contribution in [0.4, 0.5) is 9.18 Å². The molecule has 0 fully saturated rings. The fraction of sp³-hybridized carbons (Fsp3) is 0.583. The first kappa shape index (κ1) is 15.1. The van der Waals surface area contributed by atoms with Crippen LogP contribution in [-0.2, 0) is 7.05 Å². The van der Waals surface area contributed by atoms with Crippen LogP contribution in [0.25, 0.3) is 0 Å². The SMILES string of the molecule is CCCCCCNC(=O)n1cc(F)c(=O)n(C)c1=O. The lowest BCUT2D eigenvalue weighted by molar-refractivity contribution is 0.240. The number of halogens is 1. The van der Waals surface area contributed by atoms with Gasteiger partial charge in [0.05, 0.1) is 6.20 Å². The van der Waals surface area contributed by atoms with Crippen molar-refractivity contribution in [3.63, 3.8) is 0 Å². The van der Waals surface area contributed by atoms with Crippen LogP contribution in [0, 0.1) is 5.82 Å². The highest BCUT2D eigenvalue weighted by Gasteiger charge is 2.13.